The Labute approximate surface area is 127 Å². The maximum atomic E-state index is 12.1. The second kappa shape index (κ2) is 6.99. The number of carbonyl (C=O) groups excluding carboxylic acids is 2. The van der Waals surface area contributed by atoms with Crippen molar-refractivity contribution in [2.75, 3.05) is 12.4 Å². The zero-order valence-electron chi connectivity index (χ0n) is 11.9. The first kappa shape index (κ1) is 15.2. The van der Waals surface area contributed by atoms with Gasteiger partial charge in [-0.2, -0.15) is 0 Å². The third kappa shape index (κ3) is 4.13. The van der Waals surface area contributed by atoms with Crippen LogP contribution >= 0.6 is 11.3 Å². The molecule has 0 atom stereocenters. The van der Waals surface area contributed by atoms with Crippen LogP contribution in [0.2, 0.25) is 0 Å². The number of hydrogen-bond donors (Lipinski definition) is 1. The number of aryl methyl sites for hydroxylation is 1. The van der Waals surface area contributed by atoms with E-state index in [2.05, 4.69) is 22.0 Å². The summed E-state index contributed by atoms with van der Waals surface area (Å²) in [5.41, 5.74) is 2.35. The maximum Gasteiger partial charge on any atom is 0.311 e. The monoisotopic (exact) mass is 304 g/mol. The molecule has 0 spiro atoms. The molecular formula is C15H16N2O3S. The molecule has 2 rings (SSSR count). The molecule has 1 N–H and O–H groups in total. The standard InChI is InChI=1S/C15H16N2O3S/c1-3-10-4-6-11(7-5-10)14(19)17-15-16-12(9-21-15)8-13(18)20-2/h4-7,9H,3,8H2,1-2H3,(H,16,17,19). The average Bonchev–Trinajstić information content (AvgIpc) is 2.94. The summed E-state index contributed by atoms with van der Waals surface area (Å²) >= 11 is 1.28. The molecule has 1 aromatic carbocycles. The topological polar surface area (TPSA) is 68.3 Å². The molecule has 0 aliphatic carbocycles. The molecule has 2 aromatic rings. The predicted molar refractivity (Wildman–Crippen MR) is 81.6 cm³/mol. The van der Waals surface area contributed by atoms with Crippen molar-refractivity contribution >= 4 is 28.3 Å². The molecule has 0 aliphatic rings. The van der Waals surface area contributed by atoms with Gasteiger partial charge in [-0.05, 0) is 24.1 Å². The van der Waals surface area contributed by atoms with Crippen molar-refractivity contribution in [2.24, 2.45) is 0 Å². The van der Waals surface area contributed by atoms with Crippen molar-refractivity contribution in [3.63, 3.8) is 0 Å². The van der Waals surface area contributed by atoms with Crippen molar-refractivity contribution in [1.82, 2.24) is 4.98 Å². The number of aromatic nitrogens is 1. The predicted octanol–water partition coefficient (Wildman–Crippen LogP) is 2.67. The highest BCUT2D eigenvalue weighted by Crippen LogP contribution is 2.17. The molecule has 0 unspecified atom stereocenters. The number of hydrogen-bond acceptors (Lipinski definition) is 5. The van der Waals surface area contributed by atoms with Crippen molar-refractivity contribution in [3.8, 4) is 0 Å². The molecular weight excluding hydrogens is 288 g/mol. The molecule has 0 fully saturated rings. The molecule has 110 valence electrons. The van der Waals surface area contributed by atoms with Crippen molar-refractivity contribution < 1.29 is 14.3 Å². The van der Waals surface area contributed by atoms with Gasteiger partial charge in [0.2, 0.25) is 0 Å². The summed E-state index contributed by atoms with van der Waals surface area (Å²) in [6.07, 6.45) is 1.04. The van der Waals surface area contributed by atoms with Crippen LogP contribution in [0.25, 0.3) is 0 Å². The Morgan fingerprint density at radius 3 is 2.62 bits per heavy atom. The Hall–Kier alpha value is -2.21. The van der Waals surface area contributed by atoms with Gasteiger partial charge in [0.25, 0.3) is 5.91 Å². The van der Waals surface area contributed by atoms with Crippen molar-refractivity contribution in [1.29, 1.82) is 0 Å². The van der Waals surface area contributed by atoms with Gasteiger partial charge in [0.15, 0.2) is 5.13 Å². The number of carbonyl (C=O) groups is 2. The highest BCUT2D eigenvalue weighted by molar-refractivity contribution is 7.14. The lowest BCUT2D eigenvalue weighted by molar-refractivity contribution is -0.139. The number of anilines is 1. The number of nitrogens with zero attached hydrogens (tertiary/aromatic N) is 1. The number of ether oxygens (including phenoxy) is 1. The number of amides is 1. The highest BCUT2D eigenvalue weighted by atomic mass is 32.1. The third-order valence-electron chi connectivity index (χ3n) is 2.95. The molecule has 5 nitrogen and oxygen atoms in total. The molecule has 1 heterocycles. The van der Waals surface area contributed by atoms with E-state index in [1.54, 1.807) is 17.5 Å². The van der Waals surface area contributed by atoms with E-state index >= 15 is 0 Å². The zero-order chi connectivity index (χ0) is 15.2. The lowest BCUT2D eigenvalue weighted by Gasteiger charge is -2.02. The molecule has 21 heavy (non-hydrogen) atoms. The van der Waals surface area contributed by atoms with Gasteiger partial charge >= 0.3 is 5.97 Å². The SMILES string of the molecule is CCc1ccc(C(=O)Nc2nc(CC(=O)OC)cs2)cc1. The van der Waals surface area contributed by atoms with Gasteiger partial charge in [0, 0.05) is 10.9 Å². The molecule has 0 aliphatic heterocycles. The smallest absolute Gasteiger partial charge is 0.311 e. The molecule has 0 bridgehead atoms. The van der Waals surface area contributed by atoms with Crippen LogP contribution in [-0.2, 0) is 22.4 Å². The summed E-state index contributed by atoms with van der Waals surface area (Å²) < 4.78 is 4.57. The van der Waals surface area contributed by atoms with E-state index in [1.165, 1.54) is 24.0 Å². The number of nitrogens with one attached hydrogen (secondary N) is 1. The Morgan fingerprint density at radius 2 is 2.00 bits per heavy atom. The van der Waals surface area contributed by atoms with E-state index in [-0.39, 0.29) is 18.3 Å². The average molecular weight is 304 g/mol. The molecule has 1 aromatic heterocycles. The summed E-state index contributed by atoms with van der Waals surface area (Å²) in [4.78, 5) is 27.4. The van der Waals surface area contributed by atoms with Crippen LogP contribution in [0.3, 0.4) is 0 Å². The largest absolute Gasteiger partial charge is 0.469 e. The van der Waals surface area contributed by atoms with Gasteiger partial charge in [0.05, 0.1) is 19.2 Å². The Kier molecular flexibility index (Phi) is 5.05. The summed E-state index contributed by atoms with van der Waals surface area (Å²) in [5.74, 6) is -0.565. The number of thiazole rings is 1. The van der Waals surface area contributed by atoms with Crippen LogP contribution in [0.4, 0.5) is 5.13 Å². The minimum Gasteiger partial charge on any atom is -0.469 e. The van der Waals surface area contributed by atoms with Gasteiger partial charge in [-0.25, -0.2) is 4.98 Å². The van der Waals surface area contributed by atoms with Crippen LogP contribution < -0.4 is 5.32 Å². The maximum absolute atomic E-state index is 12.1. The van der Waals surface area contributed by atoms with E-state index in [9.17, 15) is 9.59 Å². The second-order valence-electron chi connectivity index (χ2n) is 4.40. The molecule has 1 amide bonds. The lowest BCUT2D eigenvalue weighted by Crippen LogP contribution is -2.12. The molecule has 0 saturated carbocycles. The summed E-state index contributed by atoms with van der Waals surface area (Å²) in [7, 11) is 1.33. The fourth-order valence-electron chi connectivity index (χ4n) is 1.73. The van der Waals surface area contributed by atoms with E-state index in [0.717, 1.165) is 6.42 Å². The van der Waals surface area contributed by atoms with Gasteiger partial charge in [-0.15, -0.1) is 11.3 Å². The van der Waals surface area contributed by atoms with Gasteiger partial charge in [-0.1, -0.05) is 19.1 Å². The van der Waals surface area contributed by atoms with Crippen molar-refractivity contribution in [3.05, 3.63) is 46.5 Å². The number of benzene rings is 1. The van der Waals surface area contributed by atoms with Gasteiger partial charge < -0.3 is 4.74 Å². The first-order valence-electron chi connectivity index (χ1n) is 6.54. The molecule has 0 radical (unpaired) electrons. The number of methoxy groups -OCH3 is 1. The fraction of sp³-hybridized carbons (Fsp3) is 0.267. The van der Waals surface area contributed by atoms with Crippen LogP contribution in [0.1, 0.15) is 28.5 Å². The molecule has 6 heteroatoms. The normalized spacial score (nSPS) is 10.2. The van der Waals surface area contributed by atoms with Crippen LogP contribution in [0.5, 0.6) is 0 Å². The van der Waals surface area contributed by atoms with E-state index < -0.39 is 0 Å². The highest BCUT2D eigenvalue weighted by Gasteiger charge is 2.11. The Balaban J connectivity index is 2.00. The first-order valence-corrected chi connectivity index (χ1v) is 7.42. The fourth-order valence-corrected chi connectivity index (χ4v) is 2.43. The van der Waals surface area contributed by atoms with Crippen LogP contribution in [0.15, 0.2) is 29.6 Å². The number of rotatable bonds is 5. The zero-order valence-corrected chi connectivity index (χ0v) is 12.7. The quantitative estimate of drug-likeness (QED) is 0.862. The number of esters is 1. The molecule has 0 saturated heterocycles. The Morgan fingerprint density at radius 1 is 1.29 bits per heavy atom. The first-order chi connectivity index (χ1) is 10.1. The minimum absolute atomic E-state index is 0.105. The summed E-state index contributed by atoms with van der Waals surface area (Å²) in [5, 5.41) is 4.92. The van der Waals surface area contributed by atoms with Gasteiger partial charge in [-0.3, -0.25) is 14.9 Å². The van der Waals surface area contributed by atoms with Gasteiger partial charge in [0.1, 0.15) is 0 Å². The second-order valence-corrected chi connectivity index (χ2v) is 5.26. The van der Waals surface area contributed by atoms with Crippen LogP contribution in [-0.4, -0.2) is 24.0 Å². The van der Waals surface area contributed by atoms with E-state index in [0.29, 0.717) is 16.4 Å². The van der Waals surface area contributed by atoms with Crippen molar-refractivity contribution in [2.45, 2.75) is 19.8 Å². The van der Waals surface area contributed by atoms with E-state index in [4.69, 9.17) is 0 Å². The Bertz CT molecular complexity index is 635. The summed E-state index contributed by atoms with van der Waals surface area (Å²) in [6.45, 7) is 2.06. The minimum atomic E-state index is -0.353. The lowest BCUT2D eigenvalue weighted by atomic mass is 10.1. The van der Waals surface area contributed by atoms with E-state index in [1.807, 2.05) is 12.1 Å². The van der Waals surface area contributed by atoms with Crippen LogP contribution in [0, 0.1) is 0 Å². The summed E-state index contributed by atoms with van der Waals surface area (Å²) in [6, 6.07) is 7.44. The third-order valence-corrected chi connectivity index (χ3v) is 3.76.